The molecule has 1 heterocycles. The summed E-state index contributed by atoms with van der Waals surface area (Å²) in [5, 5.41) is 9.24. The van der Waals surface area contributed by atoms with Crippen LogP contribution in [-0.4, -0.2) is 47.6 Å². The van der Waals surface area contributed by atoms with Crippen molar-refractivity contribution in [2.24, 2.45) is 0 Å². The van der Waals surface area contributed by atoms with E-state index in [1.54, 1.807) is 0 Å². The molecule has 1 aliphatic carbocycles. The van der Waals surface area contributed by atoms with E-state index in [-0.39, 0.29) is 11.3 Å². The number of aromatic nitrogens is 2. The molecule has 0 amide bonds. The molecule has 1 N–H and O–H groups in total. The fraction of sp³-hybridized carbons (Fsp3) is 0.318. The van der Waals surface area contributed by atoms with Gasteiger partial charge < -0.3 is 10.2 Å². The van der Waals surface area contributed by atoms with Crippen LogP contribution in [0.1, 0.15) is 29.3 Å². The third kappa shape index (κ3) is 2.90. The van der Waals surface area contributed by atoms with Crippen molar-refractivity contribution in [2.45, 2.75) is 19.9 Å². The van der Waals surface area contributed by atoms with Crippen molar-refractivity contribution in [1.82, 2.24) is 14.7 Å². The zero-order valence-corrected chi connectivity index (χ0v) is 16.5. The van der Waals surface area contributed by atoms with Crippen LogP contribution in [0.15, 0.2) is 41.2 Å². The standard InChI is InChI=1S/C22H24N4O2/c1-4-11-23-17-10-9-16-18-19(17)21(27)15-8-6-5-7-14(15)20(18)24-26(22(16)28)13-12-25(2)3/h5-10,23H,4,11-13H2,1-3H3. The number of likely N-dealkylation sites (N-methyl/N-ethyl adjacent to an activating group) is 1. The summed E-state index contributed by atoms with van der Waals surface area (Å²) in [7, 11) is 3.93. The molecule has 0 radical (unpaired) electrons. The molecule has 0 bridgehead atoms. The van der Waals surface area contributed by atoms with Crippen molar-refractivity contribution >= 4 is 22.2 Å². The van der Waals surface area contributed by atoms with Crippen LogP contribution < -0.4 is 10.9 Å². The van der Waals surface area contributed by atoms with Gasteiger partial charge >= 0.3 is 0 Å². The summed E-state index contributed by atoms with van der Waals surface area (Å²) in [6, 6.07) is 11.2. The molecule has 0 unspecified atom stereocenters. The van der Waals surface area contributed by atoms with Gasteiger partial charge in [-0.1, -0.05) is 31.2 Å². The van der Waals surface area contributed by atoms with E-state index < -0.39 is 0 Å². The largest absolute Gasteiger partial charge is 0.384 e. The van der Waals surface area contributed by atoms with Gasteiger partial charge in [-0.05, 0) is 32.6 Å². The van der Waals surface area contributed by atoms with Crippen LogP contribution >= 0.6 is 0 Å². The first kappa shape index (κ1) is 18.4. The predicted octanol–water partition coefficient (Wildman–Crippen LogP) is 2.99. The highest BCUT2D eigenvalue weighted by atomic mass is 16.1. The van der Waals surface area contributed by atoms with E-state index in [4.69, 9.17) is 5.10 Å². The quantitative estimate of drug-likeness (QED) is 0.560. The van der Waals surface area contributed by atoms with E-state index in [0.717, 1.165) is 24.2 Å². The fourth-order valence-corrected chi connectivity index (χ4v) is 3.68. The predicted molar refractivity (Wildman–Crippen MR) is 112 cm³/mol. The molecule has 144 valence electrons. The number of fused-ring (bicyclic) bond motifs is 2. The first-order valence-corrected chi connectivity index (χ1v) is 9.63. The molecule has 1 aromatic heterocycles. The third-order valence-corrected chi connectivity index (χ3v) is 5.11. The SMILES string of the molecule is CCCNc1ccc2c(=O)n(CCN(C)C)nc3c2c1C(=O)c1ccccc1-3. The molecule has 3 aromatic rings. The minimum atomic E-state index is -0.156. The Bertz CT molecular complexity index is 1130. The van der Waals surface area contributed by atoms with Gasteiger partial charge in [-0.15, -0.1) is 0 Å². The Balaban J connectivity index is 2.04. The normalized spacial score (nSPS) is 12.5. The van der Waals surface area contributed by atoms with E-state index in [1.807, 2.05) is 55.4 Å². The van der Waals surface area contributed by atoms with Gasteiger partial charge in [0.1, 0.15) is 5.69 Å². The van der Waals surface area contributed by atoms with Crippen molar-refractivity contribution in [2.75, 3.05) is 32.5 Å². The maximum absolute atomic E-state index is 13.3. The number of carbonyl (C=O) groups is 1. The van der Waals surface area contributed by atoms with E-state index in [1.165, 1.54) is 4.68 Å². The summed E-state index contributed by atoms with van der Waals surface area (Å²) in [5.41, 5.74) is 3.30. The Morgan fingerprint density at radius 2 is 1.82 bits per heavy atom. The first-order valence-electron chi connectivity index (χ1n) is 9.63. The molecule has 0 aliphatic heterocycles. The fourth-order valence-electron chi connectivity index (χ4n) is 3.68. The highest BCUT2D eigenvalue weighted by Gasteiger charge is 2.30. The van der Waals surface area contributed by atoms with Crippen LogP contribution in [0.2, 0.25) is 0 Å². The van der Waals surface area contributed by atoms with E-state index in [2.05, 4.69) is 12.2 Å². The Morgan fingerprint density at radius 1 is 1.07 bits per heavy atom. The molecular formula is C22H24N4O2. The molecule has 28 heavy (non-hydrogen) atoms. The van der Waals surface area contributed by atoms with Crippen molar-refractivity contribution in [3.05, 3.63) is 57.9 Å². The topological polar surface area (TPSA) is 67.2 Å². The van der Waals surface area contributed by atoms with Gasteiger partial charge in [0.2, 0.25) is 0 Å². The van der Waals surface area contributed by atoms with Crippen molar-refractivity contribution in [3.8, 4) is 11.3 Å². The van der Waals surface area contributed by atoms with E-state index >= 15 is 0 Å². The van der Waals surface area contributed by atoms with Crippen LogP contribution in [0.4, 0.5) is 5.69 Å². The molecule has 0 spiro atoms. The van der Waals surface area contributed by atoms with Crippen molar-refractivity contribution < 1.29 is 4.79 Å². The highest BCUT2D eigenvalue weighted by Crippen LogP contribution is 2.39. The van der Waals surface area contributed by atoms with Crippen LogP contribution in [0.3, 0.4) is 0 Å². The van der Waals surface area contributed by atoms with E-state index in [9.17, 15) is 9.59 Å². The monoisotopic (exact) mass is 376 g/mol. The lowest BCUT2D eigenvalue weighted by Crippen LogP contribution is -2.30. The molecule has 0 fully saturated rings. The van der Waals surface area contributed by atoms with Crippen LogP contribution in [0.25, 0.3) is 22.0 Å². The second-order valence-electron chi connectivity index (χ2n) is 7.39. The lowest BCUT2D eigenvalue weighted by Gasteiger charge is -2.23. The Labute approximate surface area is 163 Å². The summed E-state index contributed by atoms with van der Waals surface area (Å²) in [6.45, 7) is 4.04. The summed E-state index contributed by atoms with van der Waals surface area (Å²) >= 11 is 0. The molecule has 2 aromatic carbocycles. The van der Waals surface area contributed by atoms with Crippen LogP contribution in [0, 0.1) is 0 Å². The highest BCUT2D eigenvalue weighted by molar-refractivity contribution is 6.27. The summed E-state index contributed by atoms with van der Waals surface area (Å²) in [5.74, 6) is -0.0560. The van der Waals surface area contributed by atoms with Crippen LogP contribution in [-0.2, 0) is 6.54 Å². The van der Waals surface area contributed by atoms with Crippen LogP contribution in [0.5, 0.6) is 0 Å². The maximum Gasteiger partial charge on any atom is 0.274 e. The lowest BCUT2D eigenvalue weighted by atomic mass is 9.85. The van der Waals surface area contributed by atoms with Crippen molar-refractivity contribution in [3.63, 3.8) is 0 Å². The summed E-state index contributed by atoms with van der Waals surface area (Å²) < 4.78 is 1.52. The summed E-state index contributed by atoms with van der Waals surface area (Å²) in [4.78, 5) is 28.4. The Kier molecular flexibility index (Phi) is 4.73. The molecular weight excluding hydrogens is 352 g/mol. The number of carbonyl (C=O) groups excluding carboxylic acids is 1. The number of hydrogen-bond acceptors (Lipinski definition) is 5. The number of rotatable bonds is 6. The van der Waals surface area contributed by atoms with Gasteiger partial charge in [0.05, 0.1) is 17.5 Å². The number of anilines is 1. The first-order chi connectivity index (χ1) is 13.5. The molecule has 6 nitrogen and oxygen atoms in total. The zero-order chi connectivity index (χ0) is 19.8. The van der Waals surface area contributed by atoms with Gasteiger partial charge in [-0.3, -0.25) is 9.59 Å². The summed E-state index contributed by atoms with van der Waals surface area (Å²) in [6.07, 6.45) is 0.944. The zero-order valence-electron chi connectivity index (χ0n) is 16.5. The van der Waals surface area contributed by atoms with Gasteiger partial charge in [0.25, 0.3) is 5.56 Å². The van der Waals surface area contributed by atoms with Gasteiger partial charge in [0, 0.05) is 35.3 Å². The maximum atomic E-state index is 13.3. The number of hydrogen-bond donors (Lipinski definition) is 1. The van der Waals surface area contributed by atoms with Crippen molar-refractivity contribution in [1.29, 1.82) is 0 Å². The minimum Gasteiger partial charge on any atom is -0.384 e. The smallest absolute Gasteiger partial charge is 0.274 e. The molecule has 1 aliphatic rings. The Morgan fingerprint density at radius 3 is 2.54 bits per heavy atom. The van der Waals surface area contributed by atoms with E-state index in [0.29, 0.717) is 40.7 Å². The molecule has 0 saturated heterocycles. The Hall–Kier alpha value is -2.99. The molecule has 6 heteroatoms. The number of nitrogens with zero attached hydrogens (tertiary/aromatic N) is 3. The number of nitrogens with one attached hydrogen (secondary N) is 1. The third-order valence-electron chi connectivity index (χ3n) is 5.11. The average molecular weight is 376 g/mol. The molecule has 0 atom stereocenters. The van der Waals surface area contributed by atoms with Gasteiger partial charge in [-0.2, -0.15) is 5.10 Å². The second-order valence-corrected chi connectivity index (χ2v) is 7.39. The molecule has 0 saturated carbocycles. The minimum absolute atomic E-state index is 0.0560. The second kappa shape index (κ2) is 7.20. The average Bonchev–Trinajstić information content (AvgIpc) is 2.70. The van der Waals surface area contributed by atoms with Gasteiger partial charge in [0.15, 0.2) is 5.78 Å². The lowest BCUT2D eigenvalue weighted by molar-refractivity contribution is 0.104. The molecule has 4 rings (SSSR count). The number of ketones is 1. The van der Waals surface area contributed by atoms with Gasteiger partial charge in [-0.25, -0.2) is 4.68 Å². The number of benzene rings is 2.